The molecule has 0 spiro atoms. The molecule has 0 saturated carbocycles. The Balaban J connectivity index is 2.30. The smallest absolute Gasteiger partial charge is 0.399 e. The van der Waals surface area contributed by atoms with E-state index < -0.39 is 27.6 Å². The summed E-state index contributed by atoms with van der Waals surface area (Å²) in [4.78, 5) is 0. The molecule has 0 atom stereocenters. The minimum absolute atomic E-state index is 0.0889. The molecule has 2 rings (SSSR count). The lowest BCUT2D eigenvalue weighted by molar-refractivity contribution is -0.136. The first-order chi connectivity index (χ1) is 9.70. The average molecular weight is 325 g/mol. The Labute approximate surface area is 119 Å². The molecule has 0 aliphatic carbocycles. The molecule has 1 aromatic rings. The number of anilines is 2. The van der Waals surface area contributed by atoms with E-state index in [4.69, 9.17) is 10.5 Å². The van der Waals surface area contributed by atoms with E-state index in [-0.39, 0.29) is 32.0 Å². The van der Waals surface area contributed by atoms with Crippen molar-refractivity contribution >= 4 is 21.6 Å². The Morgan fingerprint density at radius 1 is 1.24 bits per heavy atom. The molecule has 1 aromatic carbocycles. The number of benzene rings is 1. The zero-order valence-corrected chi connectivity index (χ0v) is 11.7. The molecule has 0 aromatic heterocycles. The molecule has 1 aliphatic heterocycles. The quantitative estimate of drug-likeness (QED) is 0.820. The SMILES string of the molecule is Nc1ccc(NS(=O)(=O)N2CCOCC2)c(C(F)(F)F)c1. The number of morpholine rings is 1. The number of alkyl halides is 3. The number of nitrogens with one attached hydrogen (secondary N) is 1. The average Bonchev–Trinajstić information content (AvgIpc) is 2.40. The molecule has 21 heavy (non-hydrogen) atoms. The summed E-state index contributed by atoms with van der Waals surface area (Å²) in [6, 6.07) is 2.89. The van der Waals surface area contributed by atoms with Gasteiger partial charge in [0.1, 0.15) is 0 Å². The second kappa shape index (κ2) is 5.70. The molecule has 10 heteroatoms. The van der Waals surface area contributed by atoms with E-state index in [9.17, 15) is 21.6 Å². The van der Waals surface area contributed by atoms with E-state index in [1.54, 1.807) is 0 Å². The lowest BCUT2D eigenvalue weighted by Gasteiger charge is -2.27. The molecule has 1 saturated heterocycles. The van der Waals surface area contributed by atoms with Gasteiger partial charge in [0.15, 0.2) is 0 Å². The predicted molar refractivity (Wildman–Crippen MR) is 70.8 cm³/mol. The summed E-state index contributed by atoms with van der Waals surface area (Å²) < 4.78 is 70.9. The number of halogens is 3. The molecule has 0 radical (unpaired) electrons. The van der Waals surface area contributed by atoms with Gasteiger partial charge >= 0.3 is 16.4 Å². The highest BCUT2D eigenvalue weighted by Gasteiger charge is 2.35. The molecule has 0 bridgehead atoms. The van der Waals surface area contributed by atoms with E-state index >= 15 is 0 Å². The number of nitrogens with two attached hydrogens (primary N) is 1. The summed E-state index contributed by atoms with van der Waals surface area (Å²) in [5.41, 5.74) is 3.55. The second-order valence-electron chi connectivity index (χ2n) is 4.42. The van der Waals surface area contributed by atoms with Gasteiger partial charge in [-0.15, -0.1) is 0 Å². The monoisotopic (exact) mass is 325 g/mol. The van der Waals surface area contributed by atoms with Crippen LogP contribution in [-0.4, -0.2) is 39.0 Å². The standard InChI is InChI=1S/C11H14F3N3O3S/c12-11(13,14)9-7-8(15)1-2-10(9)16-21(18,19)17-3-5-20-6-4-17/h1-2,7,16H,3-6,15H2. The number of nitrogen functional groups attached to an aromatic ring is 1. The number of hydrogen-bond acceptors (Lipinski definition) is 4. The topological polar surface area (TPSA) is 84.7 Å². The fourth-order valence-electron chi connectivity index (χ4n) is 1.88. The molecule has 118 valence electrons. The molecular formula is C11H14F3N3O3S. The summed E-state index contributed by atoms with van der Waals surface area (Å²) in [5.74, 6) is 0. The van der Waals surface area contributed by atoms with Crippen LogP contribution in [0, 0.1) is 0 Å². The van der Waals surface area contributed by atoms with E-state index in [0.717, 1.165) is 10.4 Å². The number of rotatable bonds is 3. The molecule has 0 amide bonds. The maximum Gasteiger partial charge on any atom is 0.418 e. The molecule has 6 nitrogen and oxygen atoms in total. The van der Waals surface area contributed by atoms with Crippen molar-refractivity contribution in [2.75, 3.05) is 36.8 Å². The largest absolute Gasteiger partial charge is 0.418 e. The van der Waals surface area contributed by atoms with Gasteiger partial charge in [-0.05, 0) is 18.2 Å². The van der Waals surface area contributed by atoms with Gasteiger partial charge in [-0.3, -0.25) is 4.72 Å². The normalized spacial score (nSPS) is 17.7. The number of ether oxygens (including phenoxy) is 1. The Morgan fingerprint density at radius 2 is 1.86 bits per heavy atom. The first kappa shape index (κ1) is 15.9. The van der Waals surface area contributed by atoms with Crippen LogP contribution in [0.1, 0.15) is 5.56 Å². The predicted octanol–water partition coefficient (Wildman–Crippen LogP) is 1.28. The van der Waals surface area contributed by atoms with E-state index in [1.807, 2.05) is 4.72 Å². The zero-order valence-electron chi connectivity index (χ0n) is 10.9. The highest BCUT2D eigenvalue weighted by atomic mass is 32.2. The van der Waals surface area contributed by atoms with Crippen LogP contribution in [0.2, 0.25) is 0 Å². The lowest BCUT2D eigenvalue weighted by Crippen LogP contribution is -2.43. The van der Waals surface area contributed by atoms with Crippen molar-refractivity contribution in [3.05, 3.63) is 23.8 Å². The lowest BCUT2D eigenvalue weighted by atomic mass is 10.1. The first-order valence-corrected chi connectivity index (χ1v) is 7.46. The van der Waals surface area contributed by atoms with Gasteiger partial charge in [-0.1, -0.05) is 0 Å². The Hall–Kier alpha value is -1.52. The third kappa shape index (κ3) is 3.77. The Bertz CT molecular complexity index is 613. The molecule has 1 heterocycles. The molecule has 0 unspecified atom stereocenters. The highest BCUT2D eigenvalue weighted by molar-refractivity contribution is 7.90. The molecule has 3 N–H and O–H groups in total. The minimum Gasteiger partial charge on any atom is -0.399 e. The van der Waals surface area contributed by atoms with E-state index in [0.29, 0.717) is 6.07 Å². The van der Waals surface area contributed by atoms with Crippen LogP contribution >= 0.6 is 0 Å². The van der Waals surface area contributed by atoms with Gasteiger partial charge < -0.3 is 10.5 Å². The van der Waals surface area contributed by atoms with Crippen molar-refractivity contribution in [2.24, 2.45) is 0 Å². The highest BCUT2D eigenvalue weighted by Crippen LogP contribution is 2.36. The third-order valence-electron chi connectivity index (χ3n) is 2.90. The van der Waals surface area contributed by atoms with Gasteiger partial charge in [0.05, 0.1) is 24.5 Å². The fourth-order valence-corrected chi connectivity index (χ4v) is 3.09. The minimum atomic E-state index is -4.71. The van der Waals surface area contributed by atoms with E-state index in [2.05, 4.69) is 0 Å². The number of nitrogens with zero attached hydrogens (tertiary/aromatic N) is 1. The summed E-state index contributed by atoms with van der Waals surface area (Å²) >= 11 is 0. The maximum absolute atomic E-state index is 12.9. The second-order valence-corrected chi connectivity index (χ2v) is 6.09. The van der Waals surface area contributed by atoms with Crippen LogP contribution in [0.15, 0.2) is 18.2 Å². The van der Waals surface area contributed by atoms with Gasteiger partial charge in [-0.2, -0.15) is 25.9 Å². The van der Waals surface area contributed by atoms with Crippen LogP contribution in [0.4, 0.5) is 24.5 Å². The van der Waals surface area contributed by atoms with Crippen molar-refractivity contribution < 1.29 is 26.3 Å². The summed E-state index contributed by atoms with van der Waals surface area (Å²) in [5, 5.41) is 0. The van der Waals surface area contributed by atoms with Crippen molar-refractivity contribution in [1.29, 1.82) is 0 Å². The summed E-state index contributed by atoms with van der Waals surface area (Å²) in [6.07, 6.45) is -4.71. The first-order valence-electron chi connectivity index (χ1n) is 6.02. The van der Waals surface area contributed by atoms with Gasteiger partial charge in [-0.25, -0.2) is 0 Å². The third-order valence-corrected chi connectivity index (χ3v) is 4.42. The van der Waals surface area contributed by atoms with E-state index in [1.165, 1.54) is 6.07 Å². The van der Waals surface area contributed by atoms with Gasteiger partial charge in [0.2, 0.25) is 0 Å². The van der Waals surface area contributed by atoms with Gasteiger partial charge in [0.25, 0.3) is 0 Å². The van der Waals surface area contributed by atoms with Gasteiger partial charge in [0, 0.05) is 18.8 Å². The maximum atomic E-state index is 12.9. The van der Waals surface area contributed by atoms with Crippen LogP contribution < -0.4 is 10.5 Å². The van der Waals surface area contributed by atoms with Crippen LogP contribution in [-0.2, 0) is 21.1 Å². The van der Waals surface area contributed by atoms with Crippen molar-refractivity contribution in [1.82, 2.24) is 4.31 Å². The van der Waals surface area contributed by atoms with Crippen LogP contribution in [0.5, 0.6) is 0 Å². The Morgan fingerprint density at radius 3 is 2.43 bits per heavy atom. The molecular weight excluding hydrogens is 311 g/mol. The summed E-state index contributed by atoms with van der Waals surface area (Å²) in [6.45, 7) is 0.584. The van der Waals surface area contributed by atoms with Crippen LogP contribution in [0.25, 0.3) is 0 Å². The van der Waals surface area contributed by atoms with Crippen molar-refractivity contribution in [3.8, 4) is 0 Å². The molecule has 1 aliphatic rings. The van der Waals surface area contributed by atoms with Crippen molar-refractivity contribution in [3.63, 3.8) is 0 Å². The summed E-state index contributed by atoms with van der Waals surface area (Å²) in [7, 11) is -4.07. The number of hydrogen-bond donors (Lipinski definition) is 2. The zero-order chi connectivity index (χ0) is 15.7. The fraction of sp³-hybridized carbons (Fsp3) is 0.455. The Kier molecular flexibility index (Phi) is 4.30. The van der Waals surface area contributed by atoms with Crippen LogP contribution in [0.3, 0.4) is 0 Å². The molecule has 1 fully saturated rings. The van der Waals surface area contributed by atoms with Crippen molar-refractivity contribution in [2.45, 2.75) is 6.18 Å².